The number of nitrogens with zero attached hydrogens (tertiary/aromatic N) is 6. The molecule has 4 aromatic heterocycles. The first kappa shape index (κ1) is 19.7. The second-order valence-corrected chi connectivity index (χ2v) is 7.40. The van der Waals surface area contributed by atoms with Crippen LogP contribution in [0.25, 0.3) is 31.2 Å². The van der Waals surface area contributed by atoms with E-state index in [9.17, 15) is 0 Å². The first-order valence-corrected chi connectivity index (χ1v) is 9.96. The van der Waals surface area contributed by atoms with Gasteiger partial charge in [-0.3, -0.25) is 4.99 Å². The van der Waals surface area contributed by atoms with Gasteiger partial charge in [-0.1, -0.05) is 0 Å². The smallest absolute Gasteiger partial charge is 0.172 e. The predicted octanol–water partition coefficient (Wildman–Crippen LogP) is 5.06. The summed E-state index contributed by atoms with van der Waals surface area (Å²) in [7, 11) is 1.69. The molecule has 28 heavy (non-hydrogen) atoms. The van der Waals surface area contributed by atoms with E-state index >= 15 is 0 Å². The van der Waals surface area contributed by atoms with Crippen LogP contribution in [0.5, 0.6) is 0 Å². The number of fused-ring (bicyclic) bond motifs is 1. The average molecular weight is 407 g/mol. The molecule has 4 heterocycles. The van der Waals surface area contributed by atoms with Crippen LogP contribution in [0.2, 0.25) is 0 Å². The number of amidine groups is 1. The number of aliphatic imine (C=N–C) groups is 2. The maximum atomic E-state index is 4.83. The van der Waals surface area contributed by atoms with Gasteiger partial charge >= 0.3 is 0 Å². The summed E-state index contributed by atoms with van der Waals surface area (Å²) in [5, 5.41) is 4.03. The van der Waals surface area contributed by atoms with Crippen LogP contribution in [0.3, 0.4) is 0 Å². The highest BCUT2D eigenvalue weighted by molar-refractivity contribution is 7.19. The molecular formula is C20H18N6S2. The minimum absolute atomic E-state index is 0.528. The van der Waals surface area contributed by atoms with E-state index < -0.39 is 0 Å². The number of aryl methyl sites for hydroxylation is 1. The van der Waals surface area contributed by atoms with Crippen LogP contribution in [0, 0.1) is 6.92 Å². The number of thiophene rings is 1. The van der Waals surface area contributed by atoms with E-state index in [1.165, 1.54) is 6.33 Å². The van der Waals surface area contributed by atoms with Crippen molar-refractivity contribution in [1.82, 2.24) is 19.9 Å². The summed E-state index contributed by atoms with van der Waals surface area (Å²) in [6.07, 6.45) is 5.05. The summed E-state index contributed by atoms with van der Waals surface area (Å²) in [5.41, 5.74) is 3.42. The lowest BCUT2D eigenvalue weighted by Gasteiger charge is -2.05. The van der Waals surface area contributed by atoms with Crippen LogP contribution in [0.4, 0.5) is 0 Å². The summed E-state index contributed by atoms with van der Waals surface area (Å²) >= 11 is 3.25. The molecular weight excluding hydrogens is 388 g/mol. The molecule has 0 saturated heterocycles. The highest BCUT2D eigenvalue weighted by atomic mass is 32.1. The average Bonchev–Trinajstić information content (AvgIpc) is 3.37. The molecule has 4 aromatic rings. The summed E-state index contributed by atoms with van der Waals surface area (Å²) < 4.78 is 1.13. The van der Waals surface area contributed by atoms with Gasteiger partial charge in [0.15, 0.2) is 5.84 Å². The fourth-order valence-electron chi connectivity index (χ4n) is 2.67. The second kappa shape index (κ2) is 8.73. The number of thiazole rings is 1. The van der Waals surface area contributed by atoms with Crippen LogP contribution in [-0.2, 0) is 0 Å². The minimum Gasteiger partial charge on any atom is -0.268 e. The third-order valence-electron chi connectivity index (χ3n) is 3.86. The minimum atomic E-state index is 0.528. The van der Waals surface area contributed by atoms with Gasteiger partial charge in [0.2, 0.25) is 0 Å². The monoisotopic (exact) mass is 406 g/mol. The Labute approximate surface area is 171 Å². The molecule has 0 fully saturated rings. The highest BCUT2D eigenvalue weighted by Crippen LogP contribution is 2.38. The fourth-order valence-corrected chi connectivity index (χ4v) is 4.54. The first-order chi connectivity index (χ1) is 13.7. The molecule has 6 nitrogen and oxygen atoms in total. The zero-order chi connectivity index (χ0) is 20.1. The van der Waals surface area contributed by atoms with Crippen molar-refractivity contribution in [1.29, 1.82) is 0 Å². The van der Waals surface area contributed by atoms with E-state index in [1.54, 1.807) is 42.1 Å². The van der Waals surface area contributed by atoms with E-state index in [0.29, 0.717) is 11.5 Å². The van der Waals surface area contributed by atoms with Crippen molar-refractivity contribution in [3.05, 3.63) is 60.8 Å². The Morgan fingerprint density at radius 2 is 1.89 bits per heavy atom. The summed E-state index contributed by atoms with van der Waals surface area (Å²) in [4.78, 5) is 26.9. The molecule has 0 aliphatic heterocycles. The molecule has 0 unspecified atom stereocenters. The van der Waals surface area contributed by atoms with Gasteiger partial charge in [0.05, 0.1) is 16.3 Å². The topological polar surface area (TPSA) is 76.3 Å². The third kappa shape index (κ3) is 3.64. The lowest BCUT2D eigenvalue weighted by molar-refractivity contribution is 1.16. The van der Waals surface area contributed by atoms with Crippen LogP contribution in [-0.4, -0.2) is 39.5 Å². The zero-order valence-corrected chi connectivity index (χ0v) is 17.2. The molecule has 0 atom stereocenters. The maximum absolute atomic E-state index is 4.83. The molecule has 0 radical (unpaired) electrons. The van der Waals surface area contributed by atoms with Gasteiger partial charge < -0.3 is 0 Å². The lowest BCUT2D eigenvalue weighted by Crippen LogP contribution is -2.01. The summed E-state index contributed by atoms with van der Waals surface area (Å²) in [6, 6.07) is 4.09. The Morgan fingerprint density at radius 1 is 1.14 bits per heavy atom. The van der Waals surface area contributed by atoms with Crippen molar-refractivity contribution in [2.24, 2.45) is 9.98 Å². The Bertz CT molecular complexity index is 1140. The number of hydrogen-bond donors (Lipinski definition) is 0. The maximum Gasteiger partial charge on any atom is 0.172 e. The largest absolute Gasteiger partial charge is 0.268 e. The van der Waals surface area contributed by atoms with Crippen molar-refractivity contribution in [2.75, 3.05) is 7.05 Å². The first-order valence-electron chi connectivity index (χ1n) is 8.26. The molecule has 0 bridgehead atoms. The van der Waals surface area contributed by atoms with Crippen molar-refractivity contribution in [3.8, 4) is 21.1 Å². The number of hydrogen-bond acceptors (Lipinski definition) is 7. The Morgan fingerprint density at radius 3 is 2.57 bits per heavy atom. The molecule has 4 rings (SSSR count). The fraction of sp³-hybridized carbons (Fsp3) is 0.100. The number of pyridine rings is 1. The van der Waals surface area contributed by atoms with Crippen molar-refractivity contribution in [2.45, 2.75) is 6.92 Å². The summed E-state index contributed by atoms with van der Waals surface area (Å²) in [6.45, 7) is 11.6. The molecule has 0 amide bonds. The second-order valence-electron chi connectivity index (χ2n) is 5.45. The van der Waals surface area contributed by atoms with Crippen LogP contribution >= 0.6 is 22.7 Å². The van der Waals surface area contributed by atoms with Crippen molar-refractivity contribution in [3.63, 3.8) is 0 Å². The van der Waals surface area contributed by atoms with Crippen LogP contribution in [0.1, 0.15) is 11.4 Å². The zero-order valence-electron chi connectivity index (χ0n) is 15.6. The lowest BCUT2D eigenvalue weighted by atomic mass is 10.1. The van der Waals surface area contributed by atoms with Gasteiger partial charge in [-0.05, 0) is 31.2 Å². The SMILES string of the molecule is C=C.C=NC(=NC)c1cc2sccc2c(-c2sc(-c3cncnc3)nc2C)n1. The third-order valence-corrected chi connectivity index (χ3v) is 5.94. The number of aromatic nitrogens is 4. The van der Waals surface area contributed by atoms with Crippen molar-refractivity contribution < 1.29 is 0 Å². The molecule has 0 aliphatic carbocycles. The van der Waals surface area contributed by atoms with E-state index in [2.05, 4.69) is 51.3 Å². The van der Waals surface area contributed by atoms with Gasteiger partial charge in [0, 0.05) is 35.1 Å². The molecule has 0 N–H and O–H groups in total. The Kier molecular flexibility index (Phi) is 6.13. The van der Waals surface area contributed by atoms with E-state index in [-0.39, 0.29) is 0 Å². The van der Waals surface area contributed by atoms with Gasteiger partial charge in [-0.2, -0.15) is 0 Å². The van der Waals surface area contributed by atoms with Crippen LogP contribution in [0.15, 0.2) is 59.4 Å². The van der Waals surface area contributed by atoms with Gasteiger partial charge in [0.1, 0.15) is 17.0 Å². The number of rotatable bonds is 3. The Balaban J connectivity index is 0.00000109. The molecule has 0 saturated carbocycles. The van der Waals surface area contributed by atoms with E-state index in [0.717, 1.165) is 36.9 Å². The van der Waals surface area contributed by atoms with E-state index in [4.69, 9.17) is 9.97 Å². The van der Waals surface area contributed by atoms with Crippen molar-refractivity contribution >= 4 is 45.3 Å². The Hall–Kier alpha value is -3.10. The van der Waals surface area contributed by atoms with Gasteiger partial charge in [0.25, 0.3) is 0 Å². The van der Waals surface area contributed by atoms with E-state index in [1.807, 2.05) is 13.0 Å². The summed E-state index contributed by atoms with van der Waals surface area (Å²) in [5.74, 6) is 0.528. The standard InChI is InChI=1S/C18H14N6S2.C2H4/c1-10-16(26-18(23-10)11-7-21-9-22-8-11)15-12-4-5-25-14(12)6-13(24-15)17(19-2)20-3;1-2/h4-9H,2H2,1,3H3;1-2H2. The normalized spacial score (nSPS) is 11.1. The molecule has 8 heteroatoms. The quantitative estimate of drug-likeness (QED) is 0.271. The van der Waals surface area contributed by atoms with Crippen LogP contribution < -0.4 is 0 Å². The highest BCUT2D eigenvalue weighted by Gasteiger charge is 2.18. The molecule has 140 valence electrons. The molecule has 0 aliphatic rings. The molecule has 0 spiro atoms. The molecule has 0 aromatic carbocycles. The van der Waals surface area contributed by atoms with Gasteiger partial charge in [-0.25, -0.2) is 24.9 Å². The predicted molar refractivity (Wildman–Crippen MR) is 120 cm³/mol. The van der Waals surface area contributed by atoms with Gasteiger partial charge in [-0.15, -0.1) is 35.8 Å².